The minimum atomic E-state index is -3.90. The number of aromatic amines is 1. The number of fused-ring (bicyclic) bond motifs is 1. The maximum absolute atomic E-state index is 13.3. The molecular weight excluding hydrogens is 438 g/mol. The van der Waals surface area contributed by atoms with Crippen molar-refractivity contribution in [2.24, 2.45) is 5.92 Å². The molecule has 0 unspecified atom stereocenters. The summed E-state index contributed by atoms with van der Waals surface area (Å²) >= 11 is 0. The van der Waals surface area contributed by atoms with Crippen molar-refractivity contribution in [1.29, 1.82) is 0 Å². The average Bonchev–Trinajstić information content (AvgIpc) is 2.80. The van der Waals surface area contributed by atoms with Gasteiger partial charge >= 0.3 is 0 Å². The van der Waals surface area contributed by atoms with Crippen LogP contribution in [0.3, 0.4) is 0 Å². The number of carbonyl (C=O) groups is 1. The zero-order chi connectivity index (χ0) is 23.9. The number of carbonyl (C=O) groups excluding carboxylic acids is 1. The summed E-state index contributed by atoms with van der Waals surface area (Å²) in [6.45, 7) is 7.28. The van der Waals surface area contributed by atoms with Gasteiger partial charge in [0.15, 0.2) is 0 Å². The lowest BCUT2D eigenvalue weighted by molar-refractivity contribution is 0.0696. The van der Waals surface area contributed by atoms with Crippen molar-refractivity contribution in [3.63, 3.8) is 0 Å². The lowest BCUT2D eigenvalue weighted by atomic mass is 9.98. The Balaban J connectivity index is 1.72. The standard InChI is InChI=1S/C25H29N3O4S/c1-16-9-11-28(12-10-16)25(30)22-15-26-23-8-7-20(14-21(23)24(22)29)33(31,32)27(4)19-6-5-17(2)18(3)13-19/h5-8,13-16H,9-12H2,1-4H3,(H,26,29). The molecular formula is C25H29N3O4S. The molecule has 0 aliphatic carbocycles. The first-order valence-corrected chi connectivity index (χ1v) is 12.5. The number of sulfonamides is 1. The second kappa shape index (κ2) is 8.67. The second-order valence-electron chi connectivity index (χ2n) is 8.95. The Morgan fingerprint density at radius 3 is 2.42 bits per heavy atom. The van der Waals surface area contributed by atoms with Crippen LogP contribution >= 0.6 is 0 Å². The lowest BCUT2D eigenvalue weighted by Crippen LogP contribution is -2.40. The molecule has 1 aliphatic heterocycles. The Kier molecular flexibility index (Phi) is 6.05. The summed E-state index contributed by atoms with van der Waals surface area (Å²) in [6.07, 6.45) is 3.25. The van der Waals surface area contributed by atoms with Crippen LogP contribution in [0.25, 0.3) is 10.9 Å². The van der Waals surface area contributed by atoms with Gasteiger partial charge in [0.2, 0.25) is 5.43 Å². The zero-order valence-electron chi connectivity index (χ0n) is 19.4. The molecule has 1 N–H and O–H groups in total. The molecule has 2 heterocycles. The number of rotatable bonds is 4. The van der Waals surface area contributed by atoms with E-state index in [-0.39, 0.29) is 21.8 Å². The molecule has 2 aromatic carbocycles. The largest absolute Gasteiger partial charge is 0.360 e. The maximum Gasteiger partial charge on any atom is 0.264 e. The highest BCUT2D eigenvalue weighted by Crippen LogP contribution is 2.26. The number of anilines is 1. The van der Waals surface area contributed by atoms with Crippen molar-refractivity contribution in [3.8, 4) is 0 Å². The third-order valence-corrected chi connectivity index (χ3v) is 8.45. The molecule has 33 heavy (non-hydrogen) atoms. The van der Waals surface area contributed by atoms with E-state index in [4.69, 9.17) is 0 Å². The molecule has 8 heteroatoms. The van der Waals surface area contributed by atoms with Crippen molar-refractivity contribution >= 4 is 32.5 Å². The highest BCUT2D eigenvalue weighted by molar-refractivity contribution is 7.92. The number of nitrogens with one attached hydrogen (secondary N) is 1. The normalized spacial score (nSPS) is 15.1. The number of amides is 1. The fraction of sp³-hybridized carbons (Fsp3) is 0.360. The summed E-state index contributed by atoms with van der Waals surface area (Å²) in [4.78, 5) is 30.9. The average molecular weight is 468 g/mol. The van der Waals surface area contributed by atoms with E-state index in [9.17, 15) is 18.0 Å². The summed E-state index contributed by atoms with van der Waals surface area (Å²) in [5.74, 6) is 0.247. The fourth-order valence-corrected chi connectivity index (χ4v) is 5.33. The monoisotopic (exact) mass is 467 g/mol. The number of benzene rings is 2. The summed E-state index contributed by atoms with van der Waals surface area (Å²) < 4.78 is 27.8. The topological polar surface area (TPSA) is 90.6 Å². The van der Waals surface area contributed by atoms with Crippen LogP contribution in [0, 0.1) is 19.8 Å². The first-order chi connectivity index (χ1) is 15.6. The molecule has 7 nitrogen and oxygen atoms in total. The van der Waals surface area contributed by atoms with E-state index >= 15 is 0 Å². The molecule has 0 atom stereocenters. The quantitative estimate of drug-likeness (QED) is 0.631. The van der Waals surface area contributed by atoms with Crippen molar-refractivity contribution in [3.05, 3.63) is 69.5 Å². The van der Waals surface area contributed by atoms with Crippen LogP contribution in [0.4, 0.5) is 5.69 Å². The van der Waals surface area contributed by atoms with E-state index in [0.29, 0.717) is 30.2 Å². The highest BCUT2D eigenvalue weighted by atomic mass is 32.2. The predicted octanol–water partition coefficient (Wildman–Crippen LogP) is 3.84. The molecule has 1 fully saturated rings. The Morgan fingerprint density at radius 1 is 1.06 bits per heavy atom. The fourth-order valence-electron chi connectivity index (χ4n) is 4.12. The zero-order valence-corrected chi connectivity index (χ0v) is 20.2. The molecule has 0 bridgehead atoms. The number of hydrogen-bond acceptors (Lipinski definition) is 4. The minimum Gasteiger partial charge on any atom is -0.360 e. The summed E-state index contributed by atoms with van der Waals surface area (Å²) in [5, 5.41) is 0.181. The van der Waals surface area contributed by atoms with Crippen LogP contribution in [-0.2, 0) is 10.0 Å². The molecule has 1 amide bonds. The molecule has 0 spiro atoms. The maximum atomic E-state index is 13.3. The van der Waals surface area contributed by atoms with E-state index < -0.39 is 15.5 Å². The molecule has 3 aromatic rings. The minimum absolute atomic E-state index is 0.00220. The third kappa shape index (κ3) is 4.27. The van der Waals surface area contributed by atoms with Crippen LogP contribution in [0.15, 0.2) is 52.3 Å². The number of aryl methyl sites for hydroxylation is 2. The number of pyridine rings is 1. The van der Waals surface area contributed by atoms with E-state index in [1.54, 1.807) is 17.0 Å². The van der Waals surface area contributed by atoms with Crippen LogP contribution in [0.1, 0.15) is 41.3 Å². The van der Waals surface area contributed by atoms with Gasteiger partial charge in [-0.15, -0.1) is 0 Å². The van der Waals surface area contributed by atoms with Gasteiger partial charge in [-0.1, -0.05) is 13.0 Å². The van der Waals surface area contributed by atoms with Gasteiger partial charge in [0.05, 0.1) is 10.6 Å². The Hall–Kier alpha value is -3.13. The van der Waals surface area contributed by atoms with Crippen molar-refractivity contribution in [2.45, 2.75) is 38.5 Å². The molecule has 1 aromatic heterocycles. The van der Waals surface area contributed by atoms with Crippen LogP contribution in [0.2, 0.25) is 0 Å². The Morgan fingerprint density at radius 2 is 1.76 bits per heavy atom. The Bertz CT molecular complexity index is 1390. The Labute approximate surface area is 194 Å². The molecule has 0 radical (unpaired) electrons. The number of likely N-dealkylation sites (tertiary alicyclic amines) is 1. The van der Waals surface area contributed by atoms with Crippen molar-refractivity contribution in [1.82, 2.24) is 9.88 Å². The summed E-state index contributed by atoms with van der Waals surface area (Å²) in [7, 11) is -2.41. The summed E-state index contributed by atoms with van der Waals surface area (Å²) in [6, 6.07) is 9.84. The van der Waals surface area contributed by atoms with Crippen LogP contribution in [0.5, 0.6) is 0 Å². The van der Waals surface area contributed by atoms with Gasteiger partial charge in [0.1, 0.15) is 5.56 Å². The number of piperidine rings is 1. The second-order valence-corrected chi connectivity index (χ2v) is 10.9. The number of aromatic nitrogens is 1. The smallest absolute Gasteiger partial charge is 0.264 e. The third-order valence-electron chi connectivity index (χ3n) is 6.67. The number of H-pyrrole nitrogens is 1. The van der Waals surface area contributed by atoms with E-state index in [2.05, 4.69) is 11.9 Å². The molecule has 1 aliphatic rings. The van der Waals surface area contributed by atoms with E-state index in [1.165, 1.54) is 29.7 Å². The highest BCUT2D eigenvalue weighted by Gasteiger charge is 2.26. The van der Waals surface area contributed by atoms with Crippen molar-refractivity contribution in [2.75, 3.05) is 24.4 Å². The van der Waals surface area contributed by atoms with E-state index in [0.717, 1.165) is 24.0 Å². The number of hydrogen-bond donors (Lipinski definition) is 1. The number of nitrogens with zero attached hydrogens (tertiary/aromatic N) is 2. The van der Waals surface area contributed by atoms with Gasteiger partial charge in [-0.3, -0.25) is 13.9 Å². The first-order valence-electron chi connectivity index (χ1n) is 11.1. The first kappa shape index (κ1) is 23.0. The van der Waals surface area contributed by atoms with Gasteiger partial charge in [-0.05, 0) is 74.1 Å². The van der Waals surface area contributed by atoms with Crippen LogP contribution in [-0.4, -0.2) is 44.3 Å². The molecule has 0 saturated carbocycles. The molecule has 174 valence electrons. The van der Waals surface area contributed by atoms with Gasteiger partial charge < -0.3 is 9.88 Å². The van der Waals surface area contributed by atoms with Gasteiger partial charge in [0.25, 0.3) is 15.9 Å². The van der Waals surface area contributed by atoms with Gasteiger partial charge in [-0.25, -0.2) is 8.42 Å². The van der Waals surface area contributed by atoms with Crippen molar-refractivity contribution < 1.29 is 13.2 Å². The molecule has 4 rings (SSSR count). The summed E-state index contributed by atoms with van der Waals surface area (Å²) in [5.41, 5.74) is 2.65. The van der Waals surface area contributed by atoms with Crippen LogP contribution < -0.4 is 9.73 Å². The molecule has 1 saturated heterocycles. The van der Waals surface area contributed by atoms with Gasteiger partial charge in [0, 0.05) is 37.2 Å². The SMILES string of the molecule is Cc1ccc(N(C)S(=O)(=O)c2ccc3[nH]cc(C(=O)N4CCC(C)CC4)c(=O)c3c2)cc1C. The lowest BCUT2D eigenvalue weighted by Gasteiger charge is -2.30. The van der Waals surface area contributed by atoms with Gasteiger partial charge in [-0.2, -0.15) is 0 Å². The predicted molar refractivity (Wildman–Crippen MR) is 130 cm³/mol. The van der Waals surface area contributed by atoms with E-state index in [1.807, 2.05) is 26.0 Å².